The van der Waals surface area contributed by atoms with Crippen molar-refractivity contribution in [1.82, 2.24) is 15.0 Å². The number of methoxy groups -OCH3 is 1. The molecule has 27 heavy (non-hydrogen) atoms. The van der Waals surface area contributed by atoms with Crippen LogP contribution in [0.5, 0.6) is 12.0 Å². The monoisotopic (exact) mass is 387 g/mol. The maximum absolute atomic E-state index is 11.7. The zero-order chi connectivity index (χ0) is 20.8. The van der Waals surface area contributed by atoms with Crippen molar-refractivity contribution < 1.29 is 28.9 Å². The van der Waals surface area contributed by atoms with E-state index in [2.05, 4.69) is 19.7 Å². The van der Waals surface area contributed by atoms with Crippen LogP contribution in [0.1, 0.15) is 46.4 Å². The van der Waals surface area contributed by atoms with Gasteiger partial charge in [0, 0.05) is 0 Å². The van der Waals surface area contributed by atoms with Gasteiger partial charge in [-0.2, -0.15) is 9.97 Å². The van der Waals surface area contributed by atoms with Crippen molar-refractivity contribution in [3.8, 4) is 12.0 Å². The second kappa shape index (κ2) is 9.00. The van der Waals surface area contributed by atoms with Crippen LogP contribution in [0, 0.1) is 20.2 Å². The van der Waals surface area contributed by atoms with Gasteiger partial charge in [-0.3, -0.25) is 25.0 Å². The molecule has 0 aromatic carbocycles. The third-order valence-electron chi connectivity index (χ3n) is 3.14. The third kappa shape index (κ3) is 5.43. The number of ether oxygens (including phenoxy) is 3. The van der Waals surface area contributed by atoms with E-state index in [1.807, 2.05) is 0 Å². The van der Waals surface area contributed by atoms with Crippen LogP contribution >= 0.6 is 0 Å². The summed E-state index contributed by atoms with van der Waals surface area (Å²) in [6.07, 6.45) is -2.25. The lowest BCUT2D eigenvalue weighted by Crippen LogP contribution is -2.45. The molecule has 0 saturated carbocycles. The minimum absolute atomic E-state index is 0.364. The van der Waals surface area contributed by atoms with Gasteiger partial charge >= 0.3 is 23.7 Å². The standard InChI is InChI=1S/C14H21N5O8/c1-8(2)26-12-15-11(16-13(17-12)27-9(3)4)14(18(21)22,19(23)24)7-6-10(20)25-5/h8-9H,6-7H2,1-5H3. The molecule has 0 spiro atoms. The van der Waals surface area contributed by atoms with Crippen molar-refractivity contribution in [2.75, 3.05) is 7.11 Å². The average molecular weight is 387 g/mol. The van der Waals surface area contributed by atoms with Crippen LogP contribution in [0.15, 0.2) is 0 Å². The first-order valence-corrected chi connectivity index (χ1v) is 7.98. The lowest BCUT2D eigenvalue weighted by molar-refractivity contribution is -0.813. The molecule has 1 heterocycles. The van der Waals surface area contributed by atoms with E-state index in [-0.39, 0.29) is 12.0 Å². The number of aromatic nitrogens is 3. The molecule has 13 heteroatoms. The van der Waals surface area contributed by atoms with Crippen LogP contribution in [-0.2, 0) is 15.2 Å². The number of carbonyl (C=O) groups is 1. The molecule has 1 aromatic heterocycles. The second-order valence-corrected chi connectivity index (χ2v) is 5.96. The van der Waals surface area contributed by atoms with E-state index in [4.69, 9.17) is 9.47 Å². The maximum Gasteiger partial charge on any atom is 0.518 e. The molecule has 13 nitrogen and oxygen atoms in total. The SMILES string of the molecule is COC(=O)CCC(c1nc(OC(C)C)nc(OC(C)C)n1)([N+](=O)[O-])[N+](=O)[O-]. The zero-order valence-corrected chi connectivity index (χ0v) is 15.6. The van der Waals surface area contributed by atoms with Gasteiger partial charge in [-0.1, -0.05) is 0 Å². The third-order valence-corrected chi connectivity index (χ3v) is 3.14. The van der Waals surface area contributed by atoms with Gasteiger partial charge in [-0.15, -0.1) is 4.98 Å². The van der Waals surface area contributed by atoms with Crippen LogP contribution in [0.25, 0.3) is 0 Å². The van der Waals surface area contributed by atoms with E-state index in [0.717, 1.165) is 7.11 Å². The maximum atomic E-state index is 11.7. The topological polar surface area (TPSA) is 170 Å². The summed E-state index contributed by atoms with van der Waals surface area (Å²) in [5.41, 5.74) is -3.00. The summed E-state index contributed by atoms with van der Waals surface area (Å²) in [5.74, 6) is -1.66. The molecule has 0 aliphatic carbocycles. The van der Waals surface area contributed by atoms with E-state index in [1.165, 1.54) is 0 Å². The molecule has 0 amide bonds. The Hall–Kier alpha value is -3.12. The Morgan fingerprint density at radius 1 is 1.00 bits per heavy atom. The summed E-state index contributed by atoms with van der Waals surface area (Å²) >= 11 is 0. The quantitative estimate of drug-likeness (QED) is 0.244. The number of hydrogen-bond donors (Lipinski definition) is 0. The van der Waals surface area contributed by atoms with E-state index in [0.29, 0.717) is 0 Å². The molecule has 0 N–H and O–H groups in total. The van der Waals surface area contributed by atoms with E-state index >= 15 is 0 Å². The Balaban J connectivity index is 3.55. The molecule has 0 radical (unpaired) electrons. The fourth-order valence-corrected chi connectivity index (χ4v) is 1.95. The molecule has 150 valence electrons. The molecule has 1 rings (SSSR count). The Bertz CT molecular complexity index is 666. The van der Waals surface area contributed by atoms with Crippen LogP contribution < -0.4 is 9.47 Å². The minimum Gasteiger partial charge on any atom is -0.469 e. The van der Waals surface area contributed by atoms with Crippen molar-refractivity contribution in [2.24, 2.45) is 0 Å². The van der Waals surface area contributed by atoms with Crippen molar-refractivity contribution in [1.29, 1.82) is 0 Å². The number of nitro groups is 2. The number of esters is 1. The Labute approximate surface area is 154 Å². The predicted molar refractivity (Wildman–Crippen MR) is 88.3 cm³/mol. The highest BCUT2D eigenvalue weighted by molar-refractivity contribution is 5.69. The van der Waals surface area contributed by atoms with Crippen LogP contribution in [0.2, 0.25) is 0 Å². The fraction of sp³-hybridized carbons (Fsp3) is 0.714. The van der Waals surface area contributed by atoms with Crippen molar-refractivity contribution in [2.45, 2.75) is 58.4 Å². The lowest BCUT2D eigenvalue weighted by atomic mass is 10.0. The Morgan fingerprint density at radius 3 is 1.78 bits per heavy atom. The van der Waals surface area contributed by atoms with Gasteiger partial charge in [0.1, 0.15) is 16.3 Å². The van der Waals surface area contributed by atoms with Gasteiger partial charge in [0.25, 0.3) is 5.82 Å². The highest BCUT2D eigenvalue weighted by Gasteiger charge is 2.62. The first-order valence-electron chi connectivity index (χ1n) is 7.98. The zero-order valence-electron chi connectivity index (χ0n) is 15.6. The summed E-state index contributed by atoms with van der Waals surface area (Å²) in [6, 6.07) is -0.728. The Kier molecular flexibility index (Phi) is 7.31. The number of nitrogens with zero attached hydrogens (tertiary/aromatic N) is 5. The van der Waals surface area contributed by atoms with Gasteiger partial charge in [0.15, 0.2) is 0 Å². The molecule has 0 atom stereocenters. The molecule has 0 fully saturated rings. The van der Waals surface area contributed by atoms with Gasteiger partial charge < -0.3 is 14.2 Å². The van der Waals surface area contributed by atoms with Crippen LogP contribution in [0.3, 0.4) is 0 Å². The average Bonchev–Trinajstić information content (AvgIpc) is 2.52. The molecular formula is C14H21N5O8. The molecule has 0 aliphatic rings. The number of rotatable bonds is 10. The first-order chi connectivity index (χ1) is 12.5. The van der Waals surface area contributed by atoms with Gasteiger partial charge in [0.05, 0.1) is 25.7 Å². The fourth-order valence-electron chi connectivity index (χ4n) is 1.95. The van der Waals surface area contributed by atoms with E-state index < -0.39 is 52.4 Å². The minimum atomic E-state index is -3.00. The summed E-state index contributed by atoms with van der Waals surface area (Å²) < 4.78 is 15.0. The van der Waals surface area contributed by atoms with Crippen LogP contribution in [-0.4, -0.2) is 50.1 Å². The summed E-state index contributed by atoms with van der Waals surface area (Å²) in [6.45, 7) is 6.60. The van der Waals surface area contributed by atoms with Crippen molar-refractivity contribution in [3.63, 3.8) is 0 Å². The number of carbonyl (C=O) groups excluding carboxylic acids is 1. The smallest absolute Gasteiger partial charge is 0.469 e. The molecule has 1 aromatic rings. The van der Waals surface area contributed by atoms with Crippen molar-refractivity contribution >= 4 is 5.97 Å². The van der Waals surface area contributed by atoms with Gasteiger partial charge in [-0.05, 0) is 27.7 Å². The van der Waals surface area contributed by atoms with Crippen molar-refractivity contribution in [3.05, 3.63) is 26.1 Å². The first kappa shape index (κ1) is 21.9. The van der Waals surface area contributed by atoms with E-state index in [9.17, 15) is 25.0 Å². The number of hydrogen-bond acceptors (Lipinski definition) is 11. The van der Waals surface area contributed by atoms with E-state index in [1.54, 1.807) is 27.7 Å². The van der Waals surface area contributed by atoms with Crippen LogP contribution in [0.4, 0.5) is 0 Å². The molecule has 0 unspecified atom stereocenters. The highest BCUT2D eigenvalue weighted by atomic mass is 16.7. The molecular weight excluding hydrogens is 366 g/mol. The normalized spacial score (nSPS) is 11.4. The summed E-state index contributed by atoms with van der Waals surface area (Å²) in [4.78, 5) is 43.7. The van der Waals surface area contributed by atoms with Gasteiger partial charge in [-0.25, -0.2) is 0 Å². The largest absolute Gasteiger partial charge is 0.518 e. The predicted octanol–water partition coefficient (Wildman–Crippen LogP) is 1.11. The second-order valence-electron chi connectivity index (χ2n) is 5.96. The molecule has 0 bridgehead atoms. The highest BCUT2D eigenvalue weighted by Crippen LogP contribution is 2.31. The molecule has 0 aliphatic heterocycles. The Morgan fingerprint density at radius 2 is 1.44 bits per heavy atom. The van der Waals surface area contributed by atoms with Gasteiger partial charge in [0.2, 0.25) is 0 Å². The summed E-state index contributed by atoms with van der Waals surface area (Å²) in [5, 5.41) is 23.3. The summed E-state index contributed by atoms with van der Waals surface area (Å²) in [7, 11) is 1.06. The molecule has 0 saturated heterocycles. The lowest BCUT2D eigenvalue weighted by Gasteiger charge is -2.17.